The van der Waals surface area contributed by atoms with E-state index in [-0.39, 0.29) is 0 Å². The van der Waals surface area contributed by atoms with Crippen molar-refractivity contribution >= 4 is 39.9 Å². The lowest BCUT2D eigenvalue weighted by Crippen LogP contribution is -2.30. The van der Waals surface area contributed by atoms with Crippen molar-refractivity contribution in [3.8, 4) is 0 Å². The van der Waals surface area contributed by atoms with Gasteiger partial charge in [-0.2, -0.15) is 0 Å². The first kappa shape index (κ1) is 17.7. The van der Waals surface area contributed by atoms with E-state index < -0.39 is 12.0 Å². The molecule has 1 heterocycles. The van der Waals surface area contributed by atoms with Gasteiger partial charge in [-0.25, -0.2) is 4.98 Å². The SMILES string of the molecule is CN(Cc1ccc2c(Cl)cnc(Cl)c2c1)[C@H](C(=O)O)c1ccccc1. The quantitative estimate of drug-likeness (QED) is 0.651. The second-order valence-corrected chi connectivity index (χ2v) is 6.61. The Morgan fingerprint density at radius 2 is 1.88 bits per heavy atom. The molecule has 1 aromatic heterocycles. The van der Waals surface area contributed by atoms with Crippen molar-refractivity contribution < 1.29 is 9.90 Å². The fourth-order valence-corrected chi connectivity index (χ4v) is 3.34. The van der Waals surface area contributed by atoms with Gasteiger partial charge >= 0.3 is 5.97 Å². The summed E-state index contributed by atoms with van der Waals surface area (Å²) in [5.41, 5.74) is 1.67. The molecule has 0 bridgehead atoms. The minimum Gasteiger partial charge on any atom is -0.480 e. The van der Waals surface area contributed by atoms with Crippen molar-refractivity contribution in [3.63, 3.8) is 0 Å². The summed E-state index contributed by atoms with van der Waals surface area (Å²) in [6.45, 7) is 0.449. The fourth-order valence-electron chi connectivity index (χ4n) is 2.92. The van der Waals surface area contributed by atoms with Gasteiger partial charge in [0, 0.05) is 23.5 Å². The highest BCUT2D eigenvalue weighted by molar-refractivity contribution is 6.39. The number of nitrogens with zero attached hydrogens (tertiary/aromatic N) is 2. The first-order valence-corrected chi connectivity index (χ1v) is 8.43. The van der Waals surface area contributed by atoms with Crippen LogP contribution in [0.4, 0.5) is 0 Å². The smallest absolute Gasteiger partial charge is 0.325 e. The van der Waals surface area contributed by atoms with Gasteiger partial charge in [-0.3, -0.25) is 9.69 Å². The molecule has 0 amide bonds. The maximum Gasteiger partial charge on any atom is 0.325 e. The molecule has 25 heavy (non-hydrogen) atoms. The summed E-state index contributed by atoms with van der Waals surface area (Å²) in [6.07, 6.45) is 1.52. The molecule has 0 unspecified atom stereocenters. The largest absolute Gasteiger partial charge is 0.480 e. The van der Waals surface area contributed by atoms with Gasteiger partial charge in [0.05, 0.1) is 5.02 Å². The number of fused-ring (bicyclic) bond motifs is 1. The Labute approximate surface area is 155 Å². The van der Waals surface area contributed by atoms with Crippen LogP contribution in [0, 0.1) is 0 Å². The summed E-state index contributed by atoms with van der Waals surface area (Å²) >= 11 is 12.3. The van der Waals surface area contributed by atoms with Crippen LogP contribution in [0.15, 0.2) is 54.7 Å². The molecule has 3 aromatic rings. The molecule has 0 spiro atoms. The number of halogens is 2. The molecule has 0 saturated carbocycles. The van der Waals surface area contributed by atoms with E-state index in [9.17, 15) is 9.90 Å². The lowest BCUT2D eigenvalue weighted by molar-refractivity contribution is -0.143. The molecule has 128 valence electrons. The summed E-state index contributed by atoms with van der Waals surface area (Å²) in [6, 6.07) is 14.1. The van der Waals surface area contributed by atoms with E-state index in [4.69, 9.17) is 23.2 Å². The van der Waals surface area contributed by atoms with E-state index in [1.165, 1.54) is 6.20 Å². The van der Waals surface area contributed by atoms with Crippen LogP contribution in [0.5, 0.6) is 0 Å². The number of carboxylic acid groups (broad SMARTS) is 1. The normalized spacial score (nSPS) is 12.5. The van der Waals surface area contributed by atoms with Crippen molar-refractivity contribution in [2.45, 2.75) is 12.6 Å². The number of likely N-dealkylation sites (N-methyl/N-ethyl adjacent to an activating group) is 1. The van der Waals surface area contributed by atoms with E-state index in [1.807, 2.05) is 48.5 Å². The topological polar surface area (TPSA) is 53.4 Å². The first-order chi connectivity index (χ1) is 12.0. The average molecular weight is 375 g/mol. The molecule has 0 radical (unpaired) electrons. The number of aromatic nitrogens is 1. The number of carboxylic acids is 1. The minimum absolute atomic E-state index is 0.377. The Morgan fingerprint density at radius 3 is 2.56 bits per heavy atom. The monoisotopic (exact) mass is 374 g/mol. The van der Waals surface area contributed by atoms with Gasteiger partial charge in [0.25, 0.3) is 0 Å². The van der Waals surface area contributed by atoms with Crippen LogP contribution in [-0.4, -0.2) is 28.0 Å². The standard InChI is InChI=1S/C19H16Cl2N2O2/c1-23(17(19(24)25)13-5-3-2-4-6-13)11-12-7-8-14-15(9-12)18(21)22-10-16(14)20/h2-10,17H,11H2,1H3,(H,24,25)/t17-/m0/s1. The molecule has 1 N–H and O–H groups in total. The van der Waals surface area contributed by atoms with E-state index in [0.717, 1.165) is 21.9 Å². The molecule has 0 saturated heterocycles. The molecule has 0 aliphatic rings. The molecule has 6 heteroatoms. The van der Waals surface area contributed by atoms with Gasteiger partial charge in [-0.15, -0.1) is 0 Å². The Hall–Kier alpha value is -2.14. The van der Waals surface area contributed by atoms with Crippen molar-refractivity contribution in [2.75, 3.05) is 7.05 Å². The van der Waals surface area contributed by atoms with Gasteiger partial charge in [0.2, 0.25) is 0 Å². The lowest BCUT2D eigenvalue weighted by Gasteiger charge is -2.25. The van der Waals surface area contributed by atoms with Crippen molar-refractivity contribution in [2.24, 2.45) is 0 Å². The van der Waals surface area contributed by atoms with E-state index in [0.29, 0.717) is 16.7 Å². The highest BCUT2D eigenvalue weighted by Gasteiger charge is 2.24. The number of hydrogen-bond donors (Lipinski definition) is 1. The number of carbonyl (C=O) groups is 1. The third kappa shape index (κ3) is 3.76. The molecule has 3 rings (SSSR count). The van der Waals surface area contributed by atoms with Crippen LogP contribution in [0.3, 0.4) is 0 Å². The molecule has 2 aromatic carbocycles. The van der Waals surface area contributed by atoms with Crippen LogP contribution < -0.4 is 0 Å². The summed E-state index contributed by atoms with van der Waals surface area (Å²) < 4.78 is 0. The first-order valence-electron chi connectivity index (χ1n) is 7.68. The zero-order valence-corrected chi connectivity index (χ0v) is 15.0. The number of benzene rings is 2. The molecular formula is C19H16Cl2N2O2. The minimum atomic E-state index is -0.891. The highest BCUT2D eigenvalue weighted by Crippen LogP contribution is 2.29. The summed E-state index contributed by atoms with van der Waals surface area (Å²) in [4.78, 5) is 17.6. The molecule has 1 atom stereocenters. The van der Waals surface area contributed by atoms with Gasteiger partial charge in [0.15, 0.2) is 0 Å². The lowest BCUT2D eigenvalue weighted by atomic mass is 10.0. The second kappa shape index (κ2) is 7.40. The Morgan fingerprint density at radius 1 is 1.16 bits per heavy atom. The highest BCUT2D eigenvalue weighted by atomic mass is 35.5. The molecular weight excluding hydrogens is 359 g/mol. The van der Waals surface area contributed by atoms with E-state index >= 15 is 0 Å². The van der Waals surface area contributed by atoms with Gasteiger partial charge in [0.1, 0.15) is 11.2 Å². The van der Waals surface area contributed by atoms with Gasteiger partial charge in [-0.05, 0) is 24.2 Å². The maximum absolute atomic E-state index is 11.8. The fraction of sp³-hybridized carbons (Fsp3) is 0.158. The van der Waals surface area contributed by atoms with Crippen molar-refractivity contribution in [1.29, 1.82) is 0 Å². The number of hydrogen-bond acceptors (Lipinski definition) is 3. The molecule has 0 aliphatic heterocycles. The number of rotatable bonds is 5. The van der Waals surface area contributed by atoms with Crippen LogP contribution in [0.25, 0.3) is 10.8 Å². The third-order valence-corrected chi connectivity index (χ3v) is 4.68. The average Bonchev–Trinajstić information content (AvgIpc) is 2.59. The zero-order valence-electron chi connectivity index (χ0n) is 13.5. The molecule has 0 aliphatic carbocycles. The maximum atomic E-state index is 11.8. The van der Waals surface area contributed by atoms with Crippen LogP contribution in [-0.2, 0) is 11.3 Å². The van der Waals surface area contributed by atoms with E-state index in [2.05, 4.69) is 4.98 Å². The third-order valence-electron chi connectivity index (χ3n) is 4.08. The van der Waals surface area contributed by atoms with E-state index in [1.54, 1.807) is 11.9 Å². The Balaban J connectivity index is 1.91. The van der Waals surface area contributed by atoms with Crippen LogP contribution in [0.1, 0.15) is 17.2 Å². The van der Waals surface area contributed by atoms with Crippen LogP contribution in [0.2, 0.25) is 10.2 Å². The summed E-state index contributed by atoms with van der Waals surface area (Å²) in [5, 5.41) is 12.1. The molecule has 4 nitrogen and oxygen atoms in total. The zero-order chi connectivity index (χ0) is 18.0. The predicted octanol–water partition coefficient (Wildman–Crippen LogP) is 4.80. The summed E-state index contributed by atoms with van der Waals surface area (Å²) in [7, 11) is 1.79. The second-order valence-electron chi connectivity index (χ2n) is 5.84. The Kier molecular flexibility index (Phi) is 5.23. The summed E-state index contributed by atoms with van der Waals surface area (Å²) in [5.74, 6) is -0.891. The van der Waals surface area contributed by atoms with Crippen molar-refractivity contribution in [3.05, 3.63) is 76.0 Å². The van der Waals surface area contributed by atoms with Gasteiger partial charge in [-0.1, -0.05) is 65.7 Å². The number of pyridine rings is 1. The van der Waals surface area contributed by atoms with Gasteiger partial charge < -0.3 is 5.11 Å². The Bertz CT molecular complexity index is 916. The van der Waals surface area contributed by atoms with Crippen molar-refractivity contribution in [1.82, 2.24) is 9.88 Å². The molecule has 0 fully saturated rings. The predicted molar refractivity (Wildman–Crippen MR) is 100 cm³/mol. The van der Waals surface area contributed by atoms with Crippen LogP contribution >= 0.6 is 23.2 Å². The number of aliphatic carboxylic acids is 1.